The molecule has 8 heteroatoms. The van der Waals surface area contributed by atoms with Crippen LogP contribution in [0.4, 0.5) is 0 Å². The van der Waals surface area contributed by atoms with Crippen LogP contribution in [0.5, 0.6) is 0 Å². The molecule has 16 heavy (non-hydrogen) atoms. The van der Waals surface area contributed by atoms with Gasteiger partial charge in [0.25, 0.3) is 10.2 Å². The molecule has 1 atom stereocenters. The third-order valence-corrected chi connectivity index (χ3v) is 3.57. The van der Waals surface area contributed by atoms with E-state index in [1.54, 1.807) is 0 Å². The number of carboxylic acid groups (broad SMARTS) is 1. The van der Waals surface area contributed by atoms with Crippen molar-refractivity contribution < 1.29 is 18.3 Å². The summed E-state index contributed by atoms with van der Waals surface area (Å²) in [5.41, 5.74) is 0. The number of hydrogen-bond donors (Lipinski definition) is 3. The molecule has 3 N–H and O–H groups in total. The van der Waals surface area contributed by atoms with Gasteiger partial charge >= 0.3 is 5.97 Å². The summed E-state index contributed by atoms with van der Waals surface area (Å²) in [4.78, 5) is 10.8. The maximum absolute atomic E-state index is 11.4. The molecule has 0 rings (SSSR count). The van der Waals surface area contributed by atoms with Crippen molar-refractivity contribution >= 4 is 27.9 Å². The summed E-state index contributed by atoms with van der Waals surface area (Å²) in [6.07, 6.45) is 2.76. The predicted molar refractivity (Wildman–Crippen MR) is 64.8 cm³/mol. The number of nitrogens with one attached hydrogen (secondary N) is 2. The zero-order valence-electron chi connectivity index (χ0n) is 9.39. The van der Waals surface area contributed by atoms with E-state index in [1.165, 1.54) is 11.8 Å². The van der Waals surface area contributed by atoms with E-state index in [4.69, 9.17) is 5.11 Å². The van der Waals surface area contributed by atoms with Crippen LogP contribution in [-0.2, 0) is 15.0 Å². The van der Waals surface area contributed by atoms with Crippen molar-refractivity contribution in [2.75, 3.05) is 18.6 Å². The molecule has 6 nitrogen and oxygen atoms in total. The lowest BCUT2D eigenvalue weighted by atomic mass is 10.2. The minimum Gasteiger partial charge on any atom is -0.480 e. The maximum Gasteiger partial charge on any atom is 0.321 e. The van der Waals surface area contributed by atoms with Crippen LogP contribution in [0, 0.1) is 0 Å². The SMILES string of the molecule is CCCNS(=O)(=O)NC(CCSC)C(=O)O. The van der Waals surface area contributed by atoms with E-state index < -0.39 is 22.2 Å². The molecule has 0 spiro atoms. The molecule has 0 saturated heterocycles. The predicted octanol–water partition coefficient (Wildman–Crippen LogP) is 0.0267. The summed E-state index contributed by atoms with van der Waals surface area (Å²) >= 11 is 1.47. The number of hydrogen-bond acceptors (Lipinski definition) is 4. The fourth-order valence-corrected chi connectivity index (χ4v) is 2.55. The molecule has 0 aliphatic heterocycles. The van der Waals surface area contributed by atoms with Crippen LogP contribution in [0.25, 0.3) is 0 Å². The van der Waals surface area contributed by atoms with E-state index in [9.17, 15) is 13.2 Å². The van der Waals surface area contributed by atoms with Crippen molar-refractivity contribution in [3.63, 3.8) is 0 Å². The molecule has 0 aliphatic carbocycles. The molecule has 0 amide bonds. The normalized spacial score (nSPS) is 13.6. The fraction of sp³-hybridized carbons (Fsp3) is 0.875. The second-order valence-corrected chi connectivity index (χ2v) is 5.70. The van der Waals surface area contributed by atoms with Crippen LogP contribution in [0.15, 0.2) is 0 Å². The largest absolute Gasteiger partial charge is 0.480 e. The Morgan fingerprint density at radius 1 is 1.50 bits per heavy atom. The van der Waals surface area contributed by atoms with E-state index in [0.717, 1.165) is 0 Å². The molecule has 0 aromatic carbocycles. The summed E-state index contributed by atoms with van der Waals surface area (Å²) in [7, 11) is -3.71. The number of carbonyl (C=O) groups is 1. The van der Waals surface area contributed by atoms with Gasteiger partial charge in [0.05, 0.1) is 0 Å². The minimum absolute atomic E-state index is 0.267. The van der Waals surface area contributed by atoms with E-state index in [0.29, 0.717) is 18.7 Å². The van der Waals surface area contributed by atoms with Gasteiger partial charge in [-0.15, -0.1) is 0 Å². The highest BCUT2D eigenvalue weighted by molar-refractivity contribution is 7.98. The van der Waals surface area contributed by atoms with Gasteiger partial charge in [-0.05, 0) is 24.9 Å². The van der Waals surface area contributed by atoms with Crippen molar-refractivity contribution in [3.05, 3.63) is 0 Å². The van der Waals surface area contributed by atoms with Gasteiger partial charge in [-0.3, -0.25) is 4.79 Å². The monoisotopic (exact) mass is 270 g/mol. The van der Waals surface area contributed by atoms with Crippen molar-refractivity contribution in [2.24, 2.45) is 0 Å². The van der Waals surface area contributed by atoms with Gasteiger partial charge in [-0.25, -0.2) is 4.72 Å². The van der Waals surface area contributed by atoms with Crippen LogP contribution in [0.1, 0.15) is 19.8 Å². The van der Waals surface area contributed by atoms with Crippen molar-refractivity contribution in [1.82, 2.24) is 9.44 Å². The summed E-state index contributed by atoms with van der Waals surface area (Å²) in [6, 6.07) is -1.07. The van der Waals surface area contributed by atoms with Gasteiger partial charge < -0.3 is 5.11 Å². The maximum atomic E-state index is 11.4. The van der Waals surface area contributed by atoms with Gasteiger partial charge in [-0.1, -0.05) is 6.92 Å². The van der Waals surface area contributed by atoms with Crippen molar-refractivity contribution in [3.8, 4) is 0 Å². The van der Waals surface area contributed by atoms with Crippen LogP contribution in [-0.4, -0.2) is 44.1 Å². The quantitative estimate of drug-likeness (QED) is 0.549. The second-order valence-electron chi connectivity index (χ2n) is 3.19. The molecule has 0 radical (unpaired) electrons. The number of thioether (sulfide) groups is 1. The molecular weight excluding hydrogens is 252 g/mol. The average molecular weight is 270 g/mol. The summed E-state index contributed by atoms with van der Waals surface area (Å²) in [5.74, 6) is -0.566. The Hall–Kier alpha value is -0.310. The third-order valence-electron chi connectivity index (χ3n) is 1.75. The summed E-state index contributed by atoms with van der Waals surface area (Å²) in [5, 5.41) is 8.82. The molecule has 1 unspecified atom stereocenters. The Kier molecular flexibility index (Phi) is 7.73. The van der Waals surface area contributed by atoms with Crippen molar-refractivity contribution in [1.29, 1.82) is 0 Å². The molecule has 0 heterocycles. The molecule has 0 aromatic rings. The first-order chi connectivity index (χ1) is 7.43. The van der Waals surface area contributed by atoms with Gasteiger partial charge in [0.2, 0.25) is 0 Å². The lowest BCUT2D eigenvalue weighted by Gasteiger charge is -2.14. The molecule has 0 aliphatic rings. The van der Waals surface area contributed by atoms with E-state index >= 15 is 0 Å². The second kappa shape index (κ2) is 7.88. The molecule has 0 fully saturated rings. The highest BCUT2D eigenvalue weighted by atomic mass is 32.2. The van der Waals surface area contributed by atoms with Gasteiger partial charge in [-0.2, -0.15) is 24.9 Å². The van der Waals surface area contributed by atoms with Crippen LogP contribution < -0.4 is 9.44 Å². The minimum atomic E-state index is -3.71. The Bertz CT molecular complexity index is 305. The summed E-state index contributed by atoms with van der Waals surface area (Å²) < 4.78 is 27.1. The Labute approximate surface area is 100 Å². The summed E-state index contributed by atoms with van der Waals surface area (Å²) in [6.45, 7) is 2.12. The van der Waals surface area contributed by atoms with Crippen LogP contribution in [0.2, 0.25) is 0 Å². The topological polar surface area (TPSA) is 95.5 Å². The highest BCUT2D eigenvalue weighted by Gasteiger charge is 2.22. The Balaban J connectivity index is 4.32. The van der Waals surface area contributed by atoms with Gasteiger partial charge in [0.15, 0.2) is 0 Å². The zero-order valence-corrected chi connectivity index (χ0v) is 11.0. The fourth-order valence-electron chi connectivity index (χ4n) is 0.934. The standard InChI is InChI=1S/C8H18N2O4S2/c1-3-5-9-16(13,14)10-7(8(11)12)4-6-15-2/h7,9-10H,3-6H2,1-2H3,(H,11,12). The first-order valence-electron chi connectivity index (χ1n) is 4.91. The number of rotatable bonds is 9. The Morgan fingerprint density at radius 3 is 2.56 bits per heavy atom. The van der Waals surface area contributed by atoms with E-state index in [-0.39, 0.29) is 6.42 Å². The van der Waals surface area contributed by atoms with E-state index in [2.05, 4.69) is 9.44 Å². The molecular formula is C8H18N2O4S2. The van der Waals surface area contributed by atoms with E-state index in [1.807, 2.05) is 13.2 Å². The first-order valence-corrected chi connectivity index (χ1v) is 7.79. The van der Waals surface area contributed by atoms with Crippen LogP contribution in [0.3, 0.4) is 0 Å². The lowest BCUT2D eigenvalue weighted by Crippen LogP contribution is -2.46. The van der Waals surface area contributed by atoms with Gasteiger partial charge in [0.1, 0.15) is 6.04 Å². The molecule has 96 valence electrons. The smallest absolute Gasteiger partial charge is 0.321 e. The molecule has 0 bridgehead atoms. The molecule has 0 saturated carbocycles. The van der Waals surface area contributed by atoms with Crippen LogP contribution >= 0.6 is 11.8 Å². The lowest BCUT2D eigenvalue weighted by molar-refractivity contribution is -0.139. The average Bonchev–Trinajstić information content (AvgIpc) is 2.21. The highest BCUT2D eigenvalue weighted by Crippen LogP contribution is 2.02. The number of aliphatic carboxylic acids is 1. The zero-order chi connectivity index (χ0) is 12.6. The number of carboxylic acids is 1. The third kappa shape index (κ3) is 7.04. The molecule has 0 aromatic heterocycles. The van der Waals surface area contributed by atoms with Gasteiger partial charge in [0, 0.05) is 6.54 Å². The first kappa shape index (κ1) is 15.7. The van der Waals surface area contributed by atoms with Crippen molar-refractivity contribution in [2.45, 2.75) is 25.8 Å². The Morgan fingerprint density at radius 2 is 2.12 bits per heavy atom.